The first-order valence-corrected chi connectivity index (χ1v) is 18.7. The van der Waals surface area contributed by atoms with Gasteiger partial charge in [0.2, 0.25) is 5.95 Å². The summed E-state index contributed by atoms with van der Waals surface area (Å²) >= 11 is 1.23. The van der Waals surface area contributed by atoms with Crippen molar-refractivity contribution in [2.45, 2.75) is 38.3 Å². The summed E-state index contributed by atoms with van der Waals surface area (Å²) in [6.07, 6.45) is 5.88. The van der Waals surface area contributed by atoms with Crippen LogP contribution in [0.15, 0.2) is 41.3 Å². The molecule has 5 rings (SSSR count). The van der Waals surface area contributed by atoms with Crippen LogP contribution < -0.4 is 15.4 Å². The largest absolute Gasteiger partial charge is 0.491 e. The maximum Gasteiger partial charge on any atom is 0.338 e. The average molecular weight is 783 g/mol. The number of carbonyl (C=O) groups is 3. The van der Waals surface area contributed by atoms with Crippen molar-refractivity contribution in [1.29, 1.82) is 0 Å². The highest BCUT2D eigenvalue weighted by molar-refractivity contribution is 7.98. The fraction of sp³-hybridized carbons (Fsp3) is 0.417. The summed E-state index contributed by atoms with van der Waals surface area (Å²) in [4.78, 5) is 57.2. The van der Waals surface area contributed by atoms with E-state index in [2.05, 4.69) is 25.6 Å². The van der Waals surface area contributed by atoms with Crippen molar-refractivity contribution in [3.8, 4) is 5.75 Å². The summed E-state index contributed by atoms with van der Waals surface area (Å²) in [7, 11) is 2.46. The number of amides is 1. The number of fused-ring (bicyclic) bond motifs is 1. The van der Waals surface area contributed by atoms with Crippen LogP contribution in [0.25, 0.3) is 11.0 Å². The lowest BCUT2D eigenvalue weighted by Gasteiger charge is -2.26. The first-order chi connectivity index (χ1) is 26.5. The molecule has 3 heterocycles. The second kappa shape index (κ2) is 18.7. The second-order valence-corrected chi connectivity index (χ2v) is 13.1. The van der Waals surface area contributed by atoms with E-state index in [4.69, 9.17) is 18.9 Å². The molecular weight excluding hydrogens is 740 g/mol. The minimum Gasteiger partial charge on any atom is -0.491 e. The third-order valence-electron chi connectivity index (χ3n) is 8.77. The fourth-order valence-electron chi connectivity index (χ4n) is 6.05. The van der Waals surface area contributed by atoms with Crippen LogP contribution in [0.3, 0.4) is 0 Å². The lowest BCUT2D eigenvalue weighted by atomic mass is 10.1. The highest BCUT2D eigenvalue weighted by Crippen LogP contribution is 2.36. The Bertz CT molecular complexity index is 2090. The molecule has 0 radical (unpaired) electrons. The van der Waals surface area contributed by atoms with Crippen molar-refractivity contribution in [2.75, 3.05) is 77.1 Å². The molecule has 1 fully saturated rings. The standard InChI is InChI=1S/C36H43FN8O9S/c1-6-44-32(29(37)22(2)41-44)33(46)40-36-39-25-18-23(34(47)51-3)20-27(54-15-9-11-42-13-16-53-17-14-42)31(25)43(36)12-8-7-10-38-30-26(45(49)50)19-24(35(48)52-4)21-28(30)55-5/h7-8,18-21,38H,6,9-17H2,1-5H3,(H,39,40,46). The zero-order valence-electron chi connectivity index (χ0n) is 31.2. The molecule has 17 nitrogen and oxygen atoms in total. The molecule has 0 atom stereocenters. The molecule has 1 aliphatic heterocycles. The Labute approximate surface area is 320 Å². The van der Waals surface area contributed by atoms with Gasteiger partial charge in [-0.15, -0.1) is 11.8 Å². The first-order valence-electron chi connectivity index (χ1n) is 17.4. The number of aryl methyl sites for hydroxylation is 2. The van der Waals surface area contributed by atoms with Crippen molar-refractivity contribution in [3.05, 3.63) is 74.9 Å². The molecule has 19 heteroatoms. The molecule has 1 aliphatic rings. The quantitative estimate of drug-likeness (QED) is 0.0366. The minimum atomic E-state index is -0.782. The Morgan fingerprint density at radius 1 is 1.09 bits per heavy atom. The summed E-state index contributed by atoms with van der Waals surface area (Å²) in [5.41, 5.74) is 0.712. The van der Waals surface area contributed by atoms with Crippen molar-refractivity contribution < 1.29 is 42.6 Å². The van der Waals surface area contributed by atoms with Crippen LogP contribution in [-0.2, 0) is 27.3 Å². The number of anilines is 2. The molecule has 1 amide bonds. The summed E-state index contributed by atoms with van der Waals surface area (Å²) in [6.45, 7) is 7.73. The van der Waals surface area contributed by atoms with E-state index in [1.54, 1.807) is 36.0 Å². The average Bonchev–Trinajstić information content (AvgIpc) is 3.69. The van der Waals surface area contributed by atoms with E-state index in [-0.39, 0.29) is 59.5 Å². The molecule has 0 unspecified atom stereocenters. The van der Waals surface area contributed by atoms with Crippen LogP contribution >= 0.6 is 11.8 Å². The van der Waals surface area contributed by atoms with Gasteiger partial charge in [-0.3, -0.25) is 29.8 Å². The SMILES string of the molecule is CCn1nc(C)c(F)c1C(=O)Nc1nc2cc(C(=O)OC)cc(OCCCN3CCOCC3)c2n1CC=CCNc1c(SC)cc(C(=O)OC)cc1[N+](=O)[O-]. The van der Waals surface area contributed by atoms with Crippen molar-refractivity contribution >= 4 is 58.0 Å². The molecule has 0 bridgehead atoms. The van der Waals surface area contributed by atoms with Crippen molar-refractivity contribution in [1.82, 2.24) is 24.2 Å². The van der Waals surface area contributed by atoms with E-state index in [0.29, 0.717) is 47.9 Å². The van der Waals surface area contributed by atoms with Gasteiger partial charge in [0.1, 0.15) is 17.0 Å². The maximum absolute atomic E-state index is 15.1. The third-order valence-corrected chi connectivity index (χ3v) is 9.53. The Hall–Kier alpha value is -5.53. The van der Waals surface area contributed by atoms with E-state index in [0.717, 1.165) is 25.7 Å². The van der Waals surface area contributed by atoms with Crippen LogP contribution in [0, 0.1) is 22.9 Å². The number of ether oxygens (including phenoxy) is 4. The predicted octanol–water partition coefficient (Wildman–Crippen LogP) is 4.93. The molecule has 0 spiro atoms. The Kier molecular flexibility index (Phi) is 13.8. The summed E-state index contributed by atoms with van der Waals surface area (Å²) in [6, 6.07) is 5.74. The van der Waals surface area contributed by atoms with Gasteiger partial charge < -0.3 is 28.8 Å². The lowest BCUT2D eigenvalue weighted by Crippen LogP contribution is -2.37. The Balaban J connectivity index is 1.48. The molecule has 0 saturated carbocycles. The summed E-state index contributed by atoms with van der Waals surface area (Å²) in [5.74, 6) is -2.51. The number of imidazole rings is 1. The molecule has 4 aromatic rings. The van der Waals surface area contributed by atoms with E-state index in [9.17, 15) is 24.5 Å². The van der Waals surface area contributed by atoms with Gasteiger partial charge in [-0.1, -0.05) is 12.2 Å². The Morgan fingerprint density at radius 2 is 1.80 bits per heavy atom. The molecule has 2 aromatic heterocycles. The van der Waals surface area contributed by atoms with E-state index < -0.39 is 28.6 Å². The number of allylic oxidation sites excluding steroid dienone is 1. The van der Waals surface area contributed by atoms with Crippen molar-refractivity contribution in [3.63, 3.8) is 0 Å². The van der Waals surface area contributed by atoms with Crippen LogP contribution in [0.4, 0.5) is 21.7 Å². The Morgan fingerprint density at radius 3 is 2.45 bits per heavy atom. The van der Waals surface area contributed by atoms with Gasteiger partial charge in [0.15, 0.2) is 11.5 Å². The number of esters is 2. The van der Waals surface area contributed by atoms with Crippen LogP contribution in [0.5, 0.6) is 5.75 Å². The number of nitro groups is 1. The number of nitro benzene ring substituents is 1. The van der Waals surface area contributed by atoms with E-state index >= 15 is 4.39 Å². The molecule has 2 aromatic carbocycles. The van der Waals surface area contributed by atoms with Gasteiger partial charge in [0.25, 0.3) is 11.6 Å². The molecule has 55 heavy (non-hydrogen) atoms. The molecule has 294 valence electrons. The van der Waals surface area contributed by atoms with Gasteiger partial charge in [-0.25, -0.2) is 19.0 Å². The maximum atomic E-state index is 15.1. The van der Waals surface area contributed by atoms with Gasteiger partial charge in [-0.2, -0.15) is 5.10 Å². The number of aromatic nitrogens is 4. The number of carbonyl (C=O) groups excluding carboxylic acids is 3. The number of nitrogens with zero attached hydrogens (tertiary/aromatic N) is 6. The number of rotatable bonds is 17. The molecule has 0 aliphatic carbocycles. The predicted molar refractivity (Wildman–Crippen MR) is 203 cm³/mol. The zero-order valence-corrected chi connectivity index (χ0v) is 32.0. The van der Waals surface area contributed by atoms with Gasteiger partial charge in [0.05, 0.1) is 61.3 Å². The minimum absolute atomic E-state index is 0.0393. The van der Waals surface area contributed by atoms with Gasteiger partial charge >= 0.3 is 11.9 Å². The number of hydrogen-bond donors (Lipinski definition) is 2. The third kappa shape index (κ3) is 9.41. The molecule has 1 saturated heterocycles. The monoisotopic (exact) mass is 782 g/mol. The van der Waals surface area contributed by atoms with E-state index in [1.807, 2.05) is 0 Å². The smallest absolute Gasteiger partial charge is 0.338 e. The second-order valence-electron chi connectivity index (χ2n) is 12.2. The van der Waals surface area contributed by atoms with Gasteiger partial charge in [0, 0.05) is 50.2 Å². The van der Waals surface area contributed by atoms with Crippen LogP contribution in [0.2, 0.25) is 0 Å². The summed E-state index contributed by atoms with van der Waals surface area (Å²) in [5, 5.41) is 21.9. The van der Waals surface area contributed by atoms with Crippen LogP contribution in [-0.4, -0.2) is 113 Å². The zero-order chi connectivity index (χ0) is 39.6. The first kappa shape index (κ1) is 40.7. The number of morpholine rings is 1. The lowest BCUT2D eigenvalue weighted by molar-refractivity contribution is -0.384. The van der Waals surface area contributed by atoms with E-state index in [1.165, 1.54) is 49.7 Å². The fourth-order valence-corrected chi connectivity index (χ4v) is 6.68. The molecule has 2 N–H and O–H groups in total. The van der Waals surface area contributed by atoms with Gasteiger partial charge in [-0.05, 0) is 44.7 Å². The highest BCUT2D eigenvalue weighted by atomic mass is 32.2. The number of methoxy groups -OCH3 is 2. The number of halogens is 1. The number of thioether (sulfide) groups is 1. The molecular formula is C36H43FN8O9S. The summed E-state index contributed by atoms with van der Waals surface area (Å²) < 4.78 is 39.5. The normalized spacial score (nSPS) is 13.3. The topological polar surface area (TPSA) is 194 Å². The van der Waals surface area contributed by atoms with Crippen LogP contribution in [0.1, 0.15) is 50.2 Å². The number of nitrogens with one attached hydrogen (secondary N) is 2. The number of benzene rings is 2. The highest BCUT2D eigenvalue weighted by Gasteiger charge is 2.26. The number of hydrogen-bond acceptors (Lipinski definition) is 14. The van der Waals surface area contributed by atoms with Crippen molar-refractivity contribution in [2.24, 2.45) is 0 Å².